The number of halogens is 1. The maximum absolute atomic E-state index is 12.5. The molecule has 0 saturated heterocycles. The lowest BCUT2D eigenvalue weighted by Crippen LogP contribution is -2.30. The lowest BCUT2D eigenvalue weighted by atomic mass is 10.4. The van der Waals surface area contributed by atoms with Gasteiger partial charge < -0.3 is 0 Å². The maximum atomic E-state index is 12.5. The summed E-state index contributed by atoms with van der Waals surface area (Å²) < 4.78 is 26.4. The molecule has 7 heteroatoms. The standard InChI is InChI=1S/C12H13ClN2O2S2/c1-2-15(9-10-5-4-8-18-10)19(16,17)11-6-3-7-14-12(11)13/h3-8H,2,9H2,1H3. The zero-order valence-electron chi connectivity index (χ0n) is 10.3. The summed E-state index contributed by atoms with van der Waals surface area (Å²) in [6.45, 7) is 2.53. The van der Waals surface area contributed by atoms with Crippen molar-refractivity contribution in [3.8, 4) is 0 Å². The normalized spacial score (nSPS) is 11.9. The average molecular weight is 317 g/mol. The molecule has 0 aliphatic carbocycles. The molecular weight excluding hydrogens is 304 g/mol. The molecule has 2 aromatic heterocycles. The van der Waals surface area contributed by atoms with Gasteiger partial charge in [0.05, 0.1) is 0 Å². The molecule has 0 aliphatic heterocycles. The van der Waals surface area contributed by atoms with Gasteiger partial charge in [-0.15, -0.1) is 11.3 Å². The monoisotopic (exact) mass is 316 g/mol. The average Bonchev–Trinajstić information content (AvgIpc) is 2.89. The molecule has 0 bridgehead atoms. The van der Waals surface area contributed by atoms with E-state index in [1.54, 1.807) is 13.0 Å². The van der Waals surface area contributed by atoms with E-state index in [1.165, 1.54) is 27.9 Å². The van der Waals surface area contributed by atoms with Gasteiger partial charge >= 0.3 is 0 Å². The number of thiophene rings is 1. The Balaban J connectivity index is 2.34. The number of hydrogen-bond acceptors (Lipinski definition) is 4. The number of sulfonamides is 1. The molecule has 0 aliphatic rings. The van der Waals surface area contributed by atoms with Crippen LogP contribution in [0.1, 0.15) is 11.8 Å². The van der Waals surface area contributed by atoms with Gasteiger partial charge in [0.25, 0.3) is 0 Å². The summed E-state index contributed by atoms with van der Waals surface area (Å²) >= 11 is 7.40. The molecule has 19 heavy (non-hydrogen) atoms. The number of hydrogen-bond donors (Lipinski definition) is 0. The van der Waals surface area contributed by atoms with E-state index in [0.29, 0.717) is 13.1 Å². The van der Waals surface area contributed by atoms with Crippen molar-refractivity contribution in [1.82, 2.24) is 9.29 Å². The molecule has 102 valence electrons. The van der Waals surface area contributed by atoms with Gasteiger partial charge in [0, 0.05) is 24.2 Å². The minimum atomic E-state index is -3.61. The molecule has 2 heterocycles. The first-order chi connectivity index (χ1) is 9.05. The van der Waals surface area contributed by atoms with Crippen molar-refractivity contribution < 1.29 is 8.42 Å². The van der Waals surface area contributed by atoms with E-state index < -0.39 is 10.0 Å². The van der Waals surface area contributed by atoms with Crippen LogP contribution in [0.3, 0.4) is 0 Å². The van der Waals surface area contributed by atoms with Crippen molar-refractivity contribution in [3.63, 3.8) is 0 Å². The van der Waals surface area contributed by atoms with Crippen LogP contribution in [0.15, 0.2) is 40.7 Å². The van der Waals surface area contributed by atoms with E-state index in [4.69, 9.17) is 11.6 Å². The minimum absolute atomic E-state index is 0.00660. The van der Waals surface area contributed by atoms with E-state index >= 15 is 0 Å². The number of rotatable bonds is 5. The van der Waals surface area contributed by atoms with Gasteiger partial charge in [-0.2, -0.15) is 4.31 Å². The highest BCUT2D eigenvalue weighted by atomic mass is 35.5. The van der Waals surface area contributed by atoms with E-state index in [0.717, 1.165) is 4.88 Å². The van der Waals surface area contributed by atoms with Crippen LogP contribution in [0.4, 0.5) is 0 Å². The summed E-state index contributed by atoms with van der Waals surface area (Å²) in [6.07, 6.45) is 1.47. The van der Waals surface area contributed by atoms with Crippen LogP contribution in [0.25, 0.3) is 0 Å². The lowest BCUT2D eigenvalue weighted by Gasteiger charge is -2.20. The topological polar surface area (TPSA) is 50.3 Å². The molecule has 0 unspecified atom stereocenters. The first-order valence-corrected chi connectivity index (χ1v) is 8.38. The Morgan fingerprint density at radius 3 is 2.74 bits per heavy atom. The number of aromatic nitrogens is 1. The first kappa shape index (κ1) is 14.5. The smallest absolute Gasteiger partial charge is 0.243 e. The highest BCUT2D eigenvalue weighted by Crippen LogP contribution is 2.24. The predicted octanol–water partition coefficient (Wildman–Crippen LogP) is 3.01. The van der Waals surface area contributed by atoms with Crippen LogP contribution in [0.2, 0.25) is 5.15 Å². The van der Waals surface area contributed by atoms with E-state index in [2.05, 4.69) is 4.98 Å². The van der Waals surface area contributed by atoms with Crippen molar-refractivity contribution >= 4 is 33.0 Å². The van der Waals surface area contributed by atoms with Gasteiger partial charge in [0.2, 0.25) is 10.0 Å². The van der Waals surface area contributed by atoms with Crippen LogP contribution in [0.5, 0.6) is 0 Å². The van der Waals surface area contributed by atoms with Crippen LogP contribution >= 0.6 is 22.9 Å². The molecule has 0 atom stereocenters. The summed E-state index contributed by atoms with van der Waals surface area (Å²) in [5.41, 5.74) is 0. The molecule has 0 N–H and O–H groups in total. The fourth-order valence-corrected chi connectivity index (χ4v) is 4.30. The Labute approximate surface area is 121 Å². The Bertz CT molecular complexity index is 642. The fourth-order valence-electron chi connectivity index (χ4n) is 1.65. The SMILES string of the molecule is CCN(Cc1cccs1)S(=O)(=O)c1cccnc1Cl. The molecule has 4 nitrogen and oxygen atoms in total. The van der Waals surface area contributed by atoms with Crippen LogP contribution in [-0.2, 0) is 16.6 Å². The maximum Gasteiger partial charge on any atom is 0.246 e. The van der Waals surface area contributed by atoms with Gasteiger partial charge in [0.1, 0.15) is 10.0 Å². The molecule has 0 fully saturated rings. The molecule has 2 rings (SSSR count). The zero-order valence-corrected chi connectivity index (χ0v) is 12.7. The van der Waals surface area contributed by atoms with Gasteiger partial charge in [-0.05, 0) is 23.6 Å². The predicted molar refractivity (Wildman–Crippen MR) is 76.8 cm³/mol. The lowest BCUT2D eigenvalue weighted by molar-refractivity contribution is 0.426. The van der Waals surface area contributed by atoms with Crippen LogP contribution < -0.4 is 0 Å². The highest BCUT2D eigenvalue weighted by molar-refractivity contribution is 7.89. The largest absolute Gasteiger partial charge is 0.246 e. The summed E-state index contributed by atoms with van der Waals surface area (Å²) in [4.78, 5) is 4.86. The fraction of sp³-hybridized carbons (Fsp3) is 0.250. The highest BCUT2D eigenvalue weighted by Gasteiger charge is 2.26. The quantitative estimate of drug-likeness (QED) is 0.797. The second kappa shape index (κ2) is 6.00. The van der Waals surface area contributed by atoms with E-state index in [1.807, 2.05) is 17.5 Å². The molecule has 0 spiro atoms. The zero-order chi connectivity index (χ0) is 13.9. The van der Waals surface area contributed by atoms with E-state index in [9.17, 15) is 8.42 Å². The van der Waals surface area contributed by atoms with Gasteiger partial charge in [-0.1, -0.05) is 24.6 Å². The van der Waals surface area contributed by atoms with Gasteiger partial charge in [-0.3, -0.25) is 0 Å². The van der Waals surface area contributed by atoms with Crippen LogP contribution in [0, 0.1) is 0 Å². The number of nitrogens with zero attached hydrogens (tertiary/aromatic N) is 2. The van der Waals surface area contributed by atoms with Crippen molar-refractivity contribution in [1.29, 1.82) is 0 Å². The van der Waals surface area contributed by atoms with Crippen molar-refractivity contribution in [2.45, 2.75) is 18.4 Å². The van der Waals surface area contributed by atoms with Crippen molar-refractivity contribution in [2.24, 2.45) is 0 Å². The molecule has 0 amide bonds. The molecule has 0 radical (unpaired) electrons. The summed E-state index contributed by atoms with van der Waals surface area (Å²) in [5, 5.41) is 1.93. The second-order valence-corrected chi connectivity index (χ2v) is 7.10. The number of pyridine rings is 1. The van der Waals surface area contributed by atoms with E-state index in [-0.39, 0.29) is 10.0 Å². The summed E-state index contributed by atoms with van der Waals surface area (Å²) in [6, 6.07) is 6.85. The van der Waals surface area contributed by atoms with Gasteiger partial charge in [0.15, 0.2) is 0 Å². The molecule has 0 saturated carbocycles. The Kier molecular flexibility index (Phi) is 4.57. The third-order valence-electron chi connectivity index (χ3n) is 2.61. The first-order valence-electron chi connectivity index (χ1n) is 5.68. The third-order valence-corrected chi connectivity index (χ3v) is 5.83. The second-order valence-electron chi connectivity index (χ2n) is 3.80. The summed E-state index contributed by atoms with van der Waals surface area (Å²) in [7, 11) is -3.61. The Hall–Kier alpha value is -0.950. The minimum Gasteiger partial charge on any atom is -0.243 e. The Morgan fingerprint density at radius 2 is 2.16 bits per heavy atom. The Morgan fingerprint density at radius 1 is 1.37 bits per heavy atom. The molecule has 2 aromatic rings. The summed E-state index contributed by atoms with van der Waals surface area (Å²) in [5.74, 6) is 0. The molecule has 0 aromatic carbocycles. The van der Waals surface area contributed by atoms with Crippen molar-refractivity contribution in [3.05, 3.63) is 45.9 Å². The molecular formula is C12H13ClN2O2S2. The van der Waals surface area contributed by atoms with Crippen molar-refractivity contribution in [2.75, 3.05) is 6.54 Å². The third kappa shape index (κ3) is 3.14. The van der Waals surface area contributed by atoms with Gasteiger partial charge in [-0.25, -0.2) is 13.4 Å². The van der Waals surface area contributed by atoms with Crippen LogP contribution in [-0.4, -0.2) is 24.3 Å².